The molecule has 2 atom stereocenters. The highest BCUT2D eigenvalue weighted by atomic mass is 16.5. The van der Waals surface area contributed by atoms with Crippen LogP contribution in [0.4, 0.5) is 0 Å². The number of phenolic OH excluding ortho intramolecular Hbond substituents is 1. The summed E-state index contributed by atoms with van der Waals surface area (Å²) in [4.78, 5) is 0. The first-order valence-corrected chi connectivity index (χ1v) is 5.58. The van der Waals surface area contributed by atoms with Gasteiger partial charge in [-0.15, -0.1) is 0 Å². The van der Waals surface area contributed by atoms with Gasteiger partial charge in [0, 0.05) is 0 Å². The van der Waals surface area contributed by atoms with Crippen LogP contribution in [0.5, 0.6) is 11.5 Å². The molecular weight excluding hydrogens is 218 g/mol. The molecule has 0 bridgehead atoms. The second-order valence-electron chi connectivity index (χ2n) is 5.27. The molecule has 0 heterocycles. The van der Waals surface area contributed by atoms with Crippen LogP contribution in [0.1, 0.15) is 32.4 Å². The van der Waals surface area contributed by atoms with E-state index in [1.807, 2.05) is 20.8 Å². The molecule has 17 heavy (non-hydrogen) atoms. The fraction of sp³-hybridized carbons (Fsp3) is 0.538. The average Bonchev–Trinajstić information content (AvgIpc) is 2.25. The van der Waals surface area contributed by atoms with Crippen molar-refractivity contribution in [2.24, 2.45) is 11.1 Å². The zero-order valence-corrected chi connectivity index (χ0v) is 10.8. The van der Waals surface area contributed by atoms with Crippen molar-refractivity contribution in [1.82, 2.24) is 0 Å². The topological polar surface area (TPSA) is 75.7 Å². The number of ether oxygens (including phenoxy) is 1. The number of benzene rings is 1. The van der Waals surface area contributed by atoms with Crippen molar-refractivity contribution < 1.29 is 14.9 Å². The third kappa shape index (κ3) is 3.11. The summed E-state index contributed by atoms with van der Waals surface area (Å²) >= 11 is 0. The standard InChI is InChI=1S/C13H21NO3/c1-13(2,3)12(16)11(14)8-5-6-10(17-4)9(15)7-8/h5-7,11-12,15-16H,14H2,1-4H3/t11-,12-/m1/s1. The lowest BCUT2D eigenvalue weighted by molar-refractivity contribution is 0.0400. The van der Waals surface area contributed by atoms with E-state index in [0.717, 1.165) is 0 Å². The highest BCUT2D eigenvalue weighted by Crippen LogP contribution is 2.33. The van der Waals surface area contributed by atoms with Crippen molar-refractivity contribution in [2.45, 2.75) is 32.9 Å². The molecule has 0 aliphatic carbocycles. The summed E-state index contributed by atoms with van der Waals surface area (Å²) in [6, 6.07) is 4.38. The predicted octanol–water partition coefficient (Wildman–Crippen LogP) is 1.81. The third-order valence-corrected chi connectivity index (χ3v) is 2.82. The highest BCUT2D eigenvalue weighted by molar-refractivity contribution is 5.42. The Morgan fingerprint density at radius 3 is 2.29 bits per heavy atom. The van der Waals surface area contributed by atoms with E-state index in [1.54, 1.807) is 12.1 Å². The number of nitrogens with two attached hydrogens (primary N) is 1. The summed E-state index contributed by atoms with van der Waals surface area (Å²) in [6.45, 7) is 5.75. The van der Waals surface area contributed by atoms with Gasteiger partial charge in [-0.3, -0.25) is 0 Å². The van der Waals surface area contributed by atoms with Crippen LogP contribution in [0.2, 0.25) is 0 Å². The quantitative estimate of drug-likeness (QED) is 0.752. The molecule has 0 saturated heterocycles. The van der Waals surface area contributed by atoms with E-state index in [9.17, 15) is 10.2 Å². The maximum absolute atomic E-state index is 10.1. The van der Waals surface area contributed by atoms with E-state index >= 15 is 0 Å². The Balaban J connectivity index is 2.97. The van der Waals surface area contributed by atoms with Crippen molar-refractivity contribution in [2.75, 3.05) is 7.11 Å². The summed E-state index contributed by atoms with van der Waals surface area (Å²) < 4.78 is 4.95. The van der Waals surface area contributed by atoms with Crippen LogP contribution in [0.3, 0.4) is 0 Å². The molecule has 0 unspecified atom stereocenters. The summed E-state index contributed by atoms with van der Waals surface area (Å²) in [5.41, 5.74) is 6.36. The molecule has 96 valence electrons. The molecule has 0 amide bonds. The molecule has 0 spiro atoms. The van der Waals surface area contributed by atoms with Gasteiger partial charge in [-0.25, -0.2) is 0 Å². The van der Waals surface area contributed by atoms with E-state index in [4.69, 9.17) is 10.5 Å². The maximum Gasteiger partial charge on any atom is 0.160 e. The van der Waals surface area contributed by atoms with E-state index in [2.05, 4.69) is 0 Å². The normalized spacial score (nSPS) is 15.4. The first-order chi connectivity index (χ1) is 7.77. The second-order valence-corrected chi connectivity index (χ2v) is 5.27. The Bertz CT molecular complexity index is 385. The third-order valence-electron chi connectivity index (χ3n) is 2.82. The van der Waals surface area contributed by atoms with Crippen LogP contribution in [0, 0.1) is 5.41 Å². The molecule has 1 aromatic carbocycles. The average molecular weight is 239 g/mol. The van der Waals surface area contributed by atoms with Crippen LogP contribution >= 0.6 is 0 Å². The Morgan fingerprint density at radius 1 is 1.29 bits per heavy atom. The van der Waals surface area contributed by atoms with Gasteiger partial charge >= 0.3 is 0 Å². The molecule has 4 nitrogen and oxygen atoms in total. The van der Waals surface area contributed by atoms with E-state index in [1.165, 1.54) is 13.2 Å². The number of hydrogen-bond donors (Lipinski definition) is 3. The van der Waals surface area contributed by atoms with Gasteiger partial charge in [0.25, 0.3) is 0 Å². The Labute approximate surface area is 102 Å². The molecule has 4 heteroatoms. The second kappa shape index (κ2) is 4.94. The van der Waals surface area contributed by atoms with Crippen molar-refractivity contribution in [3.63, 3.8) is 0 Å². The molecule has 0 aromatic heterocycles. The first-order valence-electron chi connectivity index (χ1n) is 5.58. The van der Waals surface area contributed by atoms with Crippen molar-refractivity contribution >= 4 is 0 Å². The molecule has 0 radical (unpaired) electrons. The Morgan fingerprint density at radius 2 is 1.88 bits per heavy atom. The Kier molecular flexibility index (Phi) is 4.01. The van der Waals surface area contributed by atoms with Gasteiger partial charge in [0.15, 0.2) is 11.5 Å². The SMILES string of the molecule is COc1ccc([C@@H](N)[C@@H](O)C(C)(C)C)cc1O. The summed E-state index contributed by atoms with van der Waals surface area (Å²) in [6.07, 6.45) is -0.685. The van der Waals surface area contributed by atoms with Gasteiger partial charge in [-0.2, -0.15) is 0 Å². The van der Waals surface area contributed by atoms with Crippen molar-refractivity contribution in [1.29, 1.82) is 0 Å². The van der Waals surface area contributed by atoms with Crippen LogP contribution in [0.15, 0.2) is 18.2 Å². The zero-order valence-electron chi connectivity index (χ0n) is 10.8. The lowest BCUT2D eigenvalue weighted by Gasteiger charge is -2.31. The summed E-state index contributed by atoms with van der Waals surface area (Å²) in [5, 5.41) is 19.7. The van der Waals surface area contributed by atoms with Crippen molar-refractivity contribution in [3.05, 3.63) is 23.8 Å². The molecule has 1 rings (SSSR count). The molecule has 0 saturated carbocycles. The van der Waals surface area contributed by atoms with E-state index < -0.39 is 12.1 Å². The van der Waals surface area contributed by atoms with Crippen LogP contribution in [-0.2, 0) is 0 Å². The van der Waals surface area contributed by atoms with Gasteiger partial charge < -0.3 is 20.7 Å². The fourth-order valence-corrected chi connectivity index (χ4v) is 1.64. The largest absolute Gasteiger partial charge is 0.504 e. The van der Waals surface area contributed by atoms with Gasteiger partial charge in [0.1, 0.15) is 0 Å². The molecule has 1 aromatic rings. The predicted molar refractivity (Wildman–Crippen MR) is 67.0 cm³/mol. The maximum atomic E-state index is 10.1. The molecule has 4 N–H and O–H groups in total. The number of phenols is 1. The molecule has 0 aliphatic heterocycles. The van der Waals surface area contributed by atoms with Crippen molar-refractivity contribution in [3.8, 4) is 11.5 Å². The molecule has 0 fully saturated rings. The zero-order chi connectivity index (χ0) is 13.2. The minimum atomic E-state index is -0.685. The molecule has 0 aliphatic rings. The molecular formula is C13H21NO3. The number of aliphatic hydroxyl groups excluding tert-OH is 1. The fourth-order valence-electron chi connectivity index (χ4n) is 1.64. The first kappa shape index (κ1) is 13.8. The summed E-state index contributed by atoms with van der Waals surface area (Å²) in [5.74, 6) is 0.424. The number of rotatable bonds is 3. The van der Waals surface area contributed by atoms with Gasteiger partial charge in [0.05, 0.1) is 19.3 Å². The highest BCUT2D eigenvalue weighted by Gasteiger charge is 2.29. The Hall–Kier alpha value is -1.26. The lowest BCUT2D eigenvalue weighted by Crippen LogP contribution is -2.36. The monoisotopic (exact) mass is 239 g/mol. The number of aromatic hydroxyl groups is 1. The van der Waals surface area contributed by atoms with Crippen LogP contribution in [-0.4, -0.2) is 23.4 Å². The smallest absolute Gasteiger partial charge is 0.160 e. The minimum absolute atomic E-state index is 0.0292. The van der Waals surface area contributed by atoms with Crippen LogP contribution < -0.4 is 10.5 Å². The number of hydrogen-bond acceptors (Lipinski definition) is 4. The van der Waals surface area contributed by atoms with Crippen LogP contribution in [0.25, 0.3) is 0 Å². The van der Waals surface area contributed by atoms with Gasteiger partial charge in [-0.05, 0) is 23.1 Å². The van der Waals surface area contributed by atoms with E-state index in [0.29, 0.717) is 11.3 Å². The van der Waals surface area contributed by atoms with E-state index in [-0.39, 0.29) is 11.2 Å². The summed E-state index contributed by atoms with van der Waals surface area (Å²) in [7, 11) is 1.48. The minimum Gasteiger partial charge on any atom is -0.504 e. The van der Waals surface area contributed by atoms with Gasteiger partial charge in [0.2, 0.25) is 0 Å². The van der Waals surface area contributed by atoms with Gasteiger partial charge in [-0.1, -0.05) is 26.8 Å². The lowest BCUT2D eigenvalue weighted by atomic mass is 9.82. The number of methoxy groups -OCH3 is 1. The number of aliphatic hydroxyl groups is 1.